The van der Waals surface area contributed by atoms with Crippen molar-refractivity contribution in [3.8, 4) is 0 Å². The van der Waals surface area contributed by atoms with E-state index < -0.39 is 30.0 Å². The van der Waals surface area contributed by atoms with Gasteiger partial charge in [0, 0.05) is 4.90 Å². The molecule has 4 atom stereocenters. The quantitative estimate of drug-likeness (QED) is 0.657. The number of ether oxygens (including phenoxy) is 1. The van der Waals surface area contributed by atoms with Gasteiger partial charge >= 0.3 is 5.97 Å². The molecular formula is C15H15NO4S. The monoisotopic (exact) mass is 305 g/mol. The molecule has 2 aliphatic rings. The first kappa shape index (κ1) is 14.2. The van der Waals surface area contributed by atoms with Gasteiger partial charge in [-0.25, -0.2) is 0 Å². The zero-order chi connectivity index (χ0) is 15.0. The maximum absolute atomic E-state index is 12.5. The lowest BCUT2D eigenvalue weighted by atomic mass is 9.82. The summed E-state index contributed by atoms with van der Waals surface area (Å²) in [6.07, 6.45) is 4.48. The van der Waals surface area contributed by atoms with Crippen LogP contribution in [0.4, 0.5) is 5.69 Å². The first-order valence-corrected chi connectivity index (χ1v) is 7.85. The molecule has 1 saturated heterocycles. The van der Waals surface area contributed by atoms with Crippen molar-refractivity contribution in [1.29, 1.82) is 0 Å². The largest absolute Gasteiger partial charge is 0.481 e. The Bertz CT molecular complexity index is 615. The normalized spacial score (nSPS) is 29.6. The molecule has 0 radical (unpaired) electrons. The number of nitrogens with one attached hydrogen (secondary N) is 1. The molecule has 0 saturated carbocycles. The maximum Gasteiger partial charge on any atom is 0.310 e. The third kappa shape index (κ3) is 2.45. The van der Waals surface area contributed by atoms with Crippen molar-refractivity contribution in [1.82, 2.24) is 0 Å². The van der Waals surface area contributed by atoms with Crippen LogP contribution in [0.25, 0.3) is 0 Å². The highest BCUT2D eigenvalue weighted by Crippen LogP contribution is 2.40. The van der Waals surface area contributed by atoms with Crippen molar-refractivity contribution in [2.24, 2.45) is 11.8 Å². The van der Waals surface area contributed by atoms with Gasteiger partial charge in [0.1, 0.15) is 5.92 Å². The SMILES string of the molecule is CSc1ccccc1NC(=O)[C@H]1[C@@H](C(=O)O)[C@H]2C=C[C@H]1O2. The summed E-state index contributed by atoms with van der Waals surface area (Å²) in [7, 11) is 0. The topological polar surface area (TPSA) is 75.6 Å². The molecule has 110 valence electrons. The molecule has 2 aliphatic heterocycles. The number of carbonyl (C=O) groups excluding carboxylic acids is 1. The minimum Gasteiger partial charge on any atom is -0.481 e. The summed E-state index contributed by atoms with van der Waals surface area (Å²) in [5.41, 5.74) is 0.700. The van der Waals surface area contributed by atoms with E-state index in [0.29, 0.717) is 5.69 Å². The number of carboxylic acid groups (broad SMARTS) is 1. The number of para-hydroxylation sites is 1. The Kier molecular flexibility index (Phi) is 3.73. The molecule has 0 spiro atoms. The fourth-order valence-corrected chi connectivity index (χ4v) is 3.43. The van der Waals surface area contributed by atoms with Gasteiger partial charge in [0.25, 0.3) is 0 Å². The van der Waals surface area contributed by atoms with E-state index in [-0.39, 0.29) is 5.91 Å². The number of benzene rings is 1. The van der Waals surface area contributed by atoms with E-state index in [9.17, 15) is 14.7 Å². The summed E-state index contributed by atoms with van der Waals surface area (Å²) in [4.78, 5) is 24.8. The minimum atomic E-state index is -0.995. The van der Waals surface area contributed by atoms with E-state index in [0.717, 1.165) is 4.90 Å². The van der Waals surface area contributed by atoms with Crippen LogP contribution in [0.15, 0.2) is 41.3 Å². The van der Waals surface area contributed by atoms with E-state index in [1.54, 1.807) is 12.2 Å². The van der Waals surface area contributed by atoms with E-state index in [4.69, 9.17) is 4.74 Å². The van der Waals surface area contributed by atoms with Gasteiger partial charge in [-0.15, -0.1) is 11.8 Å². The lowest BCUT2D eigenvalue weighted by Crippen LogP contribution is -2.39. The Morgan fingerprint density at radius 2 is 1.86 bits per heavy atom. The van der Waals surface area contributed by atoms with Crippen molar-refractivity contribution in [2.75, 3.05) is 11.6 Å². The van der Waals surface area contributed by atoms with Gasteiger partial charge in [0.2, 0.25) is 5.91 Å². The van der Waals surface area contributed by atoms with Crippen LogP contribution in [0, 0.1) is 11.8 Å². The summed E-state index contributed by atoms with van der Waals surface area (Å²) in [5, 5.41) is 12.2. The maximum atomic E-state index is 12.5. The molecule has 1 fully saturated rings. The molecule has 2 heterocycles. The first-order valence-electron chi connectivity index (χ1n) is 6.62. The fourth-order valence-electron chi connectivity index (χ4n) is 2.88. The standard InChI is InChI=1S/C15H15NO4S/c1-21-11-5-3-2-4-8(11)16-14(17)12-9-6-7-10(20-9)13(12)15(18)19/h2-7,9-10,12-13H,1H3,(H,16,17)(H,18,19)/t9-,10-,12-,13+/m1/s1. The average molecular weight is 305 g/mol. The number of hydrogen-bond donors (Lipinski definition) is 2. The highest BCUT2D eigenvalue weighted by Gasteiger charge is 2.53. The second-order valence-corrected chi connectivity index (χ2v) is 5.88. The Balaban J connectivity index is 1.82. The Morgan fingerprint density at radius 3 is 2.52 bits per heavy atom. The number of aliphatic carboxylic acids is 1. The predicted molar refractivity (Wildman–Crippen MR) is 79.3 cm³/mol. The highest BCUT2D eigenvalue weighted by atomic mass is 32.2. The van der Waals surface area contributed by atoms with Crippen LogP contribution in [0.1, 0.15) is 0 Å². The van der Waals surface area contributed by atoms with Crippen molar-refractivity contribution in [3.63, 3.8) is 0 Å². The molecule has 0 aromatic heterocycles. The van der Waals surface area contributed by atoms with Crippen LogP contribution < -0.4 is 5.32 Å². The number of rotatable bonds is 4. The van der Waals surface area contributed by atoms with Crippen LogP contribution >= 0.6 is 11.8 Å². The van der Waals surface area contributed by atoms with Gasteiger partial charge in [0.15, 0.2) is 0 Å². The molecular weight excluding hydrogens is 290 g/mol. The molecule has 0 aliphatic carbocycles. The van der Waals surface area contributed by atoms with E-state index in [2.05, 4.69) is 5.32 Å². The molecule has 1 aromatic rings. The van der Waals surface area contributed by atoms with E-state index in [1.807, 2.05) is 30.5 Å². The zero-order valence-electron chi connectivity index (χ0n) is 11.4. The highest BCUT2D eigenvalue weighted by molar-refractivity contribution is 7.98. The lowest BCUT2D eigenvalue weighted by molar-refractivity contribution is -0.145. The van der Waals surface area contributed by atoms with Gasteiger partial charge < -0.3 is 15.2 Å². The van der Waals surface area contributed by atoms with Gasteiger partial charge in [-0.1, -0.05) is 24.3 Å². The van der Waals surface area contributed by atoms with Crippen LogP contribution in [0.2, 0.25) is 0 Å². The van der Waals surface area contributed by atoms with Crippen LogP contribution in [0.3, 0.4) is 0 Å². The smallest absolute Gasteiger partial charge is 0.310 e. The minimum absolute atomic E-state index is 0.305. The average Bonchev–Trinajstić information content (AvgIpc) is 3.08. The number of amides is 1. The van der Waals surface area contributed by atoms with Crippen molar-refractivity contribution < 1.29 is 19.4 Å². The first-order chi connectivity index (χ1) is 10.1. The summed E-state index contributed by atoms with van der Waals surface area (Å²) >= 11 is 1.53. The van der Waals surface area contributed by atoms with Crippen LogP contribution in [0.5, 0.6) is 0 Å². The van der Waals surface area contributed by atoms with Crippen LogP contribution in [-0.4, -0.2) is 35.4 Å². The fraction of sp³-hybridized carbons (Fsp3) is 0.333. The molecule has 5 nitrogen and oxygen atoms in total. The number of fused-ring (bicyclic) bond motifs is 2. The Labute approximate surface area is 126 Å². The molecule has 0 unspecified atom stereocenters. The summed E-state index contributed by atoms with van der Waals surface area (Å²) in [6, 6.07) is 7.45. The van der Waals surface area contributed by atoms with Gasteiger partial charge in [-0.2, -0.15) is 0 Å². The molecule has 3 rings (SSSR count). The van der Waals surface area contributed by atoms with E-state index >= 15 is 0 Å². The Morgan fingerprint density at radius 1 is 1.19 bits per heavy atom. The summed E-state index contributed by atoms with van der Waals surface area (Å²) in [5.74, 6) is -2.81. The third-order valence-corrected chi connectivity index (χ3v) is 4.65. The lowest BCUT2D eigenvalue weighted by Gasteiger charge is -2.21. The third-order valence-electron chi connectivity index (χ3n) is 3.85. The van der Waals surface area contributed by atoms with Crippen molar-refractivity contribution in [3.05, 3.63) is 36.4 Å². The zero-order valence-corrected chi connectivity index (χ0v) is 12.2. The number of anilines is 1. The second kappa shape index (κ2) is 5.54. The Hall–Kier alpha value is -1.79. The molecule has 21 heavy (non-hydrogen) atoms. The molecule has 2 N–H and O–H groups in total. The summed E-state index contributed by atoms with van der Waals surface area (Å²) in [6.45, 7) is 0. The number of carboxylic acids is 1. The van der Waals surface area contributed by atoms with Crippen molar-refractivity contribution in [2.45, 2.75) is 17.1 Å². The van der Waals surface area contributed by atoms with E-state index in [1.165, 1.54) is 11.8 Å². The van der Waals surface area contributed by atoms with Gasteiger partial charge in [-0.3, -0.25) is 9.59 Å². The number of carbonyl (C=O) groups is 2. The van der Waals surface area contributed by atoms with Gasteiger partial charge in [0.05, 0.1) is 23.8 Å². The van der Waals surface area contributed by atoms with Gasteiger partial charge in [-0.05, 0) is 18.4 Å². The molecule has 6 heteroatoms. The molecule has 2 bridgehead atoms. The second-order valence-electron chi connectivity index (χ2n) is 5.03. The van der Waals surface area contributed by atoms with Crippen molar-refractivity contribution >= 4 is 29.3 Å². The predicted octanol–water partition coefficient (Wildman–Crippen LogP) is 2.00. The molecule has 1 amide bonds. The molecule has 1 aromatic carbocycles. The summed E-state index contributed by atoms with van der Waals surface area (Å²) < 4.78 is 5.52. The number of thioether (sulfide) groups is 1. The number of hydrogen-bond acceptors (Lipinski definition) is 4. The van der Waals surface area contributed by atoms with Crippen LogP contribution in [-0.2, 0) is 14.3 Å².